The highest BCUT2D eigenvalue weighted by Gasteiger charge is 2.33. The zero-order valence-corrected chi connectivity index (χ0v) is 14.4. The molecule has 0 spiro atoms. The molecule has 1 aromatic heterocycles. The number of hydrogen-bond acceptors (Lipinski definition) is 4. The molecule has 1 unspecified atom stereocenters. The van der Waals surface area contributed by atoms with Crippen molar-refractivity contribution in [3.05, 3.63) is 48.2 Å². The number of nitrogens with zero attached hydrogens (tertiary/aromatic N) is 2. The third-order valence-corrected chi connectivity index (χ3v) is 4.17. The summed E-state index contributed by atoms with van der Waals surface area (Å²) in [5, 5.41) is 11.6. The van der Waals surface area contributed by atoms with Crippen LogP contribution in [0.4, 0.5) is 23.7 Å². The van der Waals surface area contributed by atoms with Gasteiger partial charge in [0, 0.05) is 24.8 Å². The number of alkyl halides is 3. The Bertz CT molecular complexity index is 871. The zero-order valence-electron chi connectivity index (χ0n) is 14.4. The summed E-state index contributed by atoms with van der Waals surface area (Å²) in [6.45, 7) is 0.495. The van der Waals surface area contributed by atoms with Crippen molar-refractivity contribution in [2.24, 2.45) is 5.92 Å². The van der Waals surface area contributed by atoms with Gasteiger partial charge in [-0.05, 0) is 36.8 Å². The van der Waals surface area contributed by atoms with Gasteiger partial charge in [0.2, 0.25) is 5.88 Å². The van der Waals surface area contributed by atoms with Crippen molar-refractivity contribution in [3.8, 4) is 11.6 Å². The van der Waals surface area contributed by atoms with Crippen LogP contribution in [0.25, 0.3) is 0 Å². The Morgan fingerprint density at radius 3 is 2.50 bits per heavy atom. The van der Waals surface area contributed by atoms with Gasteiger partial charge in [-0.15, -0.1) is 0 Å². The average molecular weight is 395 g/mol. The van der Waals surface area contributed by atoms with E-state index < -0.39 is 29.8 Å². The number of ether oxygens (including phenoxy) is 1. The van der Waals surface area contributed by atoms with Gasteiger partial charge >= 0.3 is 18.2 Å². The molecule has 7 nitrogen and oxygen atoms in total. The molecule has 0 radical (unpaired) electrons. The summed E-state index contributed by atoms with van der Waals surface area (Å²) in [4.78, 5) is 27.9. The Morgan fingerprint density at radius 1 is 1.18 bits per heavy atom. The standard InChI is InChI=1S/C18H16F3N3O4/c19-18(20,21)14-2-1-3-15(23-14)28-13-6-4-12(5-7-13)22-17(27)24-9-8-11(10-24)16(25)26/h1-7,11H,8-10H2,(H,22,27)(H,25,26). The quantitative estimate of drug-likeness (QED) is 0.821. The maximum atomic E-state index is 12.7. The number of halogens is 3. The lowest BCUT2D eigenvalue weighted by atomic mass is 10.1. The molecule has 0 saturated carbocycles. The summed E-state index contributed by atoms with van der Waals surface area (Å²) in [5.74, 6) is -1.46. The van der Waals surface area contributed by atoms with E-state index in [1.165, 1.54) is 41.3 Å². The van der Waals surface area contributed by atoms with E-state index in [2.05, 4.69) is 10.3 Å². The minimum absolute atomic E-state index is 0.142. The number of aromatic nitrogens is 1. The van der Waals surface area contributed by atoms with E-state index >= 15 is 0 Å². The van der Waals surface area contributed by atoms with Crippen molar-refractivity contribution in [3.63, 3.8) is 0 Å². The van der Waals surface area contributed by atoms with E-state index in [0.717, 1.165) is 6.07 Å². The van der Waals surface area contributed by atoms with Gasteiger partial charge in [-0.25, -0.2) is 9.78 Å². The number of rotatable bonds is 4. The van der Waals surface area contributed by atoms with Crippen LogP contribution in [-0.4, -0.2) is 40.1 Å². The third-order valence-electron chi connectivity index (χ3n) is 4.17. The van der Waals surface area contributed by atoms with Crippen molar-refractivity contribution < 1.29 is 32.6 Å². The molecule has 0 bridgehead atoms. The number of likely N-dealkylation sites (tertiary alicyclic amines) is 1. The van der Waals surface area contributed by atoms with Crippen LogP contribution >= 0.6 is 0 Å². The Balaban J connectivity index is 1.60. The Hall–Kier alpha value is -3.30. The first-order valence-electron chi connectivity index (χ1n) is 8.33. The van der Waals surface area contributed by atoms with Crippen LogP contribution in [0.5, 0.6) is 11.6 Å². The van der Waals surface area contributed by atoms with E-state index in [9.17, 15) is 22.8 Å². The molecule has 0 aliphatic carbocycles. The molecule has 1 saturated heterocycles. The molecule has 1 aromatic carbocycles. The fraction of sp³-hybridized carbons (Fsp3) is 0.278. The van der Waals surface area contributed by atoms with Crippen LogP contribution in [0.3, 0.4) is 0 Å². The molecule has 1 fully saturated rings. The number of aliphatic carboxylic acids is 1. The molecule has 2 heterocycles. The highest BCUT2D eigenvalue weighted by molar-refractivity contribution is 5.90. The van der Waals surface area contributed by atoms with Crippen LogP contribution in [0.1, 0.15) is 12.1 Å². The van der Waals surface area contributed by atoms with Crippen molar-refractivity contribution in [1.29, 1.82) is 0 Å². The van der Waals surface area contributed by atoms with E-state index in [1.807, 2.05) is 0 Å². The van der Waals surface area contributed by atoms with Gasteiger partial charge < -0.3 is 20.1 Å². The summed E-state index contributed by atoms with van der Waals surface area (Å²) >= 11 is 0. The summed E-state index contributed by atoms with van der Waals surface area (Å²) in [7, 11) is 0. The van der Waals surface area contributed by atoms with Gasteiger partial charge in [0.15, 0.2) is 0 Å². The SMILES string of the molecule is O=C(O)C1CCN(C(=O)Nc2ccc(Oc3cccc(C(F)(F)F)n3)cc2)C1. The molecule has 1 atom stereocenters. The highest BCUT2D eigenvalue weighted by Crippen LogP contribution is 2.30. The number of carbonyl (C=O) groups is 2. The number of carbonyl (C=O) groups excluding carboxylic acids is 1. The van der Waals surface area contributed by atoms with Gasteiger partial charge in [0.1, 0.15) is 11.4 Å². The van der Waals surface area contributed by atoms with Gasteiger partial charge in [0.25, 0.3) is 0 Å². The molecule has 1 aliphatic rings. The summed E-state index contributed by atoms with van der Waals surface area (Å²) in [6, 6.07) is 8.91. The lowest BCUT2D eigenvalue weighted by Gasteiger charge is -2.17. The molecule has 28 heavy (non-hydrogen) atoms. The fourth-order valence-corrected chi connectivity index (χ4v) is 2.71. The van der Waals surface area contributed by atoms with Crippen LogP contribution in [0, 0.1) is 5.92 Å². The predicted octanol–water partition coefficient (Wildman–Crippen LogP) is 3.83. The van der Waals surface area contributed by atoms with Crippen LogP contribution < -0.4 is 10.1 Å². The molecule has 3 rings (SSSR count). The Morgan fingerprint density at radius 2 is 1.89 bits per heavy atom. The number of carboxylic acid groups (broad SMARTS) is 1. The number of hydrogen-bond donors (Lipinski definition) is 2. The number of nitrogens with one attached hydrogen (secondary N) is 1. The third kappa shape index (κ3) is 4.70. The maximum Gasteiger partial charge on any atom is 0.433 e. The molecule has 2 N–H and O–H groups in total. The second-order valence-electron chi connectivity index (χ2n) is 6.19. The first-order chi connectivity index (χ1) is 13.2. The highest BCUT2D eigenvalue weighted by atomic mass is 19.4. The van der Waals surface area contributed by atoms with Crippen LogP contribution in [0.15, 0.2) is 42.5 Å². The molecule has 2 aromatic rings. The fourth-order valence-electron chi connectivity index (χ4n) is 2.71. The van der Waals surface area contributed by atoms with E-state index in [-0.39, 0.29) is 18.2 Å². The first-order valence-corrected chi connectivity index (χ1v) is 8.33. The normalized spacial score (nSPS) is 16.7. The smallest absolute Gasteiger partial charge is 0.433 e. The summed E-state index contributed by atoms with van der Waals surface area (Å²) < 4.78 is 43.4. The van der Waals surface area contributed by atoms with E-state index in [1.54, 1.807) is 0 Å². The second-order valence-corrected chi connectivity index (χ2v) is 6.19. The average Bonchev–Trinajstić information content (AvgIpc) is 3.14. The lowest BCUT2D eigenvalue weighted by molar-refractivity contribution is -0.142. The van der Waals surface area contributed by atoms with Crippen molar-refractivity contribution >= 4 is 17.7 Å². The van der Waals surface area contributed by atoms with Crippen molar-refractivity contribution in [2.75, 3.05) is 18.4 Å². The maximum absolute atomic E-state index is 12.7. The summed E-state index contributed by atoms with van der Waals surface area (Å²) in [5.41, 5.74) is -0.618. The van der Waals surface area contributed by atoms with Gasteiger partial charge in [-0.2, -0.15) is 13.2 Å². The number of pyridine rings is 1. The monoisotopic (exact) mass is 395 g/mol. The second kappa shape index (κ2) is 7.75. The first kappa shape index (κ1) is 19.5. The minimum atomic E-state index is -4.57. The lowest BCUT2D eigenvalue weighted by Crippen LogP contribution is -2.33. The number of carboxylic acids is 1. The van der Waals surface area contributed by atoms with Crippen molar-refractivity contribution in [1.82, 2.24) is 9.88 Å². The van der Waals surface area contributed by atoms with E-state index in [4.69, 9.17) is 9.84 Å². The van der Waals surface area contributed by atoms with Crippen LogP contribution in [0.2, 0.25) is 0 Å². The molecule has 148 valence electrons. The van der Waals surface area contributed by atoms with Crippen LogP contribution in [-0.2, 0) is 11.0 Å². The van der Waals surface area contributed by atoms with Gasteiger partial charge in [0.05, 0.1) is 5.92 Å². The largest absolute Gasteiger partial charge is 0.481 e. The number of benzene rings is 1. The molecule has 2 amide bonds. The molecule has 1 aliphatic heterocycles. The number of urea groups is 1. The zero-order chi connectivity index (χ0) is 20.3. The Kier molecular flexibility index (Phi) is 5.39. The van der Waals surface area contributed by atoms with Crippen molar-refractivity contribution in [2.45, 2.75) is 12.6 Å². The molecular weight excluding hydrogens is 379 g/mol. The predicted molar refractivity (Wildman–Crippen MR) is 92.1 cm³/mol. The Labute approximate surface area is 157 Å². The number of anilines is 1. The van der Waals surface area contributed by atoms with E-state index in [0.29, 0.717) is 18.7 Å². The van der Waals surface area contributed by atoms with Gasteiger partial charge in [-0.1, -0.05) is 6.07 Å². The minimum Gasteiger partial charge on any atom is -0.481 e. The number of amides is 2. The topological polar surface area (TPSA) is 91.8 Å². The van der Waals surface area contributed by atoms with Gasteiger partial charge in [-0.3, -0.25) is 4.79 Å². The summed E-state index contributed by atoms with van der Waals surface area (Å²) in [6.07, 6.45) is -4.16. The molecular formula is C18H16F3N3O4. The molecule has 10 heteroatoms.